The van der Waals surface area contributed by atoms with Crippen molar-refractivity contribution in [3.05, 3.63) is 41.9 Å². The number of carbonyl (C=O) groups excluding carboxylic acids is 1. The second kappa shape index (κ2) is 9.45. The van der Waals surface area contributed by atoms with E-state index in [1.165, 1.54) is 0 Å². The number of benzene rings is 1. The van der Waals surface area contributed by atoms with E-state index >= 15 is 0 Å². The van der Waals surface area contributed by atoms with Crippen molar-refractivity contribution in [3.63, 3.8) is 0 Å². The Morgan fingerprint density at radius 3 is 2.40 bits per heavy atom. The van der Waals surface area contributed by atoms with E-state index in [-0.39, 0.29) is 0 Å². The van der Waals surface area contributed by atoms with Crippen molar-refractivity contribution < 1.29 is 14.3 Å². The zero-order chi connectivity index (χ0) is 22.5. The summed E-state index contributed by atoms with van der Waals surface area (Å²) in [7, 11) is 0. The first-order valence-corrected chi connectivity index (χ1v) is 10.4. The Kier molecular flexibility index (Phi) is 7.45. The standard InChI is InChI=1S/C24H35N3O3/c1-16(2)14-24(8,27-22(28)30-23(5,6)7)15-29-21-10-9-19(13-17(21)3)20-11-12-25-18(4)26-20/h9-13,16H,14-15H2,1-8H3,(H,27,28)/t24-/m0/s1. The summed E-state index contributed by atoms with van der Waals surface area (Å²) < 4.78 is 11.6. The number of amides is 1. The number of rotatable bonds is 7. The summed E-state index contributed by atoms with van der Waals surface area (Å²) in [5.41, 5.74) is 1.81. The van der Waals surface area contributed by atoms with E-state index < -0.39 is 17.2 Å². The Morgan fingerprint density at radius 2 is 1.83 bits per heavy atom. The average molecular weight is 414 g/mol. The molecule has 0 aliphatic heterocycles. The molecule has 6 heteroatoms. The van der Waals surface area contributed by atoms with Gasteiger partial charge >= 0.3 is 6.09 Å². The molecule has 0 spiro atoms. The van der Waals surface area contributed by atoms with Crippen molar-refractivity contribution >= 4 is 6.09 Å². The van der Waals surface area contributed by atoms with Gasteiger partial charge in [0.2, 0.25) is 0 Å². The van der Waals surface area contributed by atoms with Crippen LogP contribution in [0, 0.1) is 19.8 Å². The van der Waals surface area contributed by atoms with Gasteiger partial charge in [-0.3, -0.25) is 0 Å². The van der Waals surface area contributed by atoms with Crippen LogP contribution in [0.15, 0.2) is 30.5 Å². The molecule has 0 aliphatic carbocycles. The Balaban J connectivity index is 2.13. The summed E-state index contributed by atoms with van der Waals surface area (Å²) in [5, 5.41) is 3.01. The van der Waals surface area contributed by atoms with Gasteiger partial charge in [0.05, 0.1) is 11.2 Å². The fourth-order valence-electron chi connectivity index (χ4n) is 3.42. The number of nitrogens with zero attached hydrogens (tertiary/aromatic N) is 2. The lowest BCUT2D eigenvalue weighted by Gasteiger charge is -2.33. The minimum atomic E-state index is -0.550. The van der Waals surface area contributed by atoms with Crippen molar-refractivity contribution in [2.75, 3.05) is 6.61 Å². The van der Waals surface area contributed by atoms with Crippen LogP contribution in [0.5, 0.6) is 5.75 Å². The maximum atomic E-state index is 12.4. The Morgan fingerprint density at radius 1 is 1.13 bits per heavy atom. The third-order valence-electron chi connectivity index (χ3n) is 4.45. The normalized spacial score (nSPS) is 13.6. The lowest BCUT2D eigenvalue weighted by molar-refractivity contribution is 0.0408. The smallest absolute Gasteiger partial charge is 0.408 e. The second-order valence-electron chi connectivity index (χ2n) is 9.54. The van der Waals surface area contributed by atoms with E-state index in [2.05, 4.69) is 35.2 Å². The van der Waals surface area contributed by atoms with Gasteiger partial charge < -0.3 is 14.8 Å². The molecule has 6 nitrogen and oxygen atoms in total. The van der Waals surface area contributed by atoms with Gasteiger partial charge in [-0.15, -0.1) is 0 Å². The zero-order valence-corrected chi connectivity index (χ0v) is 19.5. The largest absolute Gasteiger partial charge is 0.491 e. The molecule has 1 aromatic carbocycles. The number of ether oxygens (including phenoxy) is 2. The van der Waals surface area contributed by atoms with E-state index in [1.807, 2.05) is 59.7 Å². The van der Waals surface area contributed by atoms with Crippen molar-refractivity contribution in [2.45, 2.75) is 73.0 Å². The molecule has 1 N–H and O–H groups in total. The van der Waals surface area contributed by atoms with E-state index in [9.17, 15) is 4.79 Å². The summed E-state index contributed by atoms with van der Waals surface area (Å²) in [6.45, 7) is 16.0. The predicted molar refractivity (Wildman–Crippen MR) is 120 cm³/mol. The maximum absolute atomic E-state index is 12.4. The molecular formula is C24H35N3O3. The number of aryl methyl sites for hydroxylation is 2. The van der Waals surface area contributed by atoms with E-state index in [0.29, 0.717) is 12.5 Å². The Hall–Kier alpha value is -2.63. The summed E-state index contributed by atoms with van der Waals surface area (Å²) >= 11 is 0. The van der Waals surface area contributed by atoms with Crippen molar-refractivity contribution in [1.82, 2.24) is 15.3 Å². The van der Waals surface area contributed by atoms with Crippen molar-refractivity contribution in [1.29, 1.82) is 0 Å². The van der Waals surface area contributed by atoms with Crippen molar-refractivity contribution in [2.24, 2.45) is 5.92 Å². The number of hydrogen-bond acceptors (Lipinski definition) is 5. The molecule has 2 aromatic rings. The van der Waals surface area contributed by atoms with Crippen LogP contribution in [-0.2, 0) is 4.74 Å². The summed E-state index contributed by atoms with van der Waals surface area (Å²) in [6, 6.07) is 7.89. The third kappa shape index (κ3) is 7.32. The fraction of sp³-hybridized carbons (Fsp3) is 0.542. The highest BCUT2D eigenvalue weighted by atomic mass is 16.6. The molecule has 1 aromatic heterocycles. The topological polar surface area (TPSA) is 73.3 Å². The molecule has 0 saturated carbocycles. The maximum Gasteiger partial charge on any atom is 0.408 e. The van der Waals surface area contributed by atoms with E-state index in [0.717, 1.165) is 34.8 Å². The number of aromatic nitrogens is 2. The van der Waals surface area contributed by atoms with Crippen LogP contribution in [0.25, 0.3) is 11.3 Å². The number of nitrogens with one attached hydrogen (secondary N) is 1. The second-order valence-corrected chi connectivity index (χ2v) is 9.54. The first-order chi connectivity index (χ1) is 13.9. The third-order valence-corrected chi connectivity index (χ3v) is 4.45. The van der Waals surface area contributed by atoms with Gasteiger partial charge in [0.15, 0.2) is 0 Å². The van der Waals surface area contributed by atoms with Crippen LogP contribution in [0.3, 0.4) is 0 Å². The summed E-state index contributed by atoms with van der Waals surface area (Å²) in [4.78, 5) is 21.0. The molecule has 0 saturated heterocycles. The highest BCUT2D eigenvalue weighted by Crippen LogP contribution is 2.27. The molecule has 2 rings (SSSR count). The van der Waals surface area contributed by atoms with Crippen LogP contribution in [0.1, 0.15) is 59.4 Å². The lowest BCUT2D eigenvalue weighted by Crippen LogP contribution is -2.52. The lowest BCUT2D eigenvalue weighted by atomic mass is 9.91. The Labute approximate surface area is 180 Å². The van der Waals surface area contributed by atoms with Crippen LogP contribution in [0.4, 0.5) is 4.79 Å². The van der Waals surface area contributed by atoms with Crippen molar-refractivity contribution in [3.8, 4) is 17.0 Å². The molecule has 0 radical (unpaired) electrons. The SMILES string of the molecule is Cc1nccc(-c2ccc(OC[C@](C)(CC(C)C)NC(=O)OC(C)(C)C)c(C)c2)n1. The van der Waals surface area contributed by atoms with Crippen LogP contribution in [-0.4, -0.2) is 33.8 Å². The number of hydrogen-bond donors (Lipinski definition) is 1. The molecule has 0 aliphatic rings. The number of alkyl carbamates (subject to hydrolysis) is 1. The van der Waals surface area contributed by atoms with Gasteiger partial charge in [-0.1, -0.05) is 13.8 Å². The van der Waals surface area contributed by atoms with Gasteiger partial charge in [0.25, 0.3) is 0 Å². The molecule has 0 fully saturated rings. The first kappa shape index (κ1) is 23.6. The highest BCUT2D eigenvalue weighted by Gasteiger charge is 2.31. The van der Waals surface area contributed by atoms with Gasteiger partial charge in [-0.2, -0.15) is 0 Å². The molecule has 0 unspecified atom stereocenters. The van der Waals surface area contributed by atoms with Gasteiger partial charge in [-0.25, -0.2) is 14.8 Å². The van der Waals surface area contributed by atoms with E-state index in [4.69, 9.17) is 9.47 Å². The first-order valence-electron chi connectivity index (χ1n) is 10.4. The monoisotopic (exact) mass is 413 g/mol. The molecule has 1 heterocycles. The molecular weight excluding hydrogens is 378 g/mol. The van der Waals surface area contributed by atoms with Gasteiger partial charge in [0.1, 0.15) is 23.8 Å². The predicted octanol–water partition coefficient (Wildman–Crippen LogP) is 5.47. The molecule has 164 valence electrons. The molecule has 30 heavy (non-hydrogen) atoms. The average Bonchev–Trinajstić information content (AvgIpc) is 2.58. The molecule has 1 atom stereocenters. The minimum Gasteiger partial charge on any atom is -0.491 e. The van der Waals surface area contributed by atoms with E-state index in [1.54, 1.807) is 6.20 Å². The van der Waals surface area contributed by atoms with Crippen LogP contribution >= 0.6 is 0 Å². The van der Waals surface area contributed by atoms with Gasteiger partial charge in [0, 0.05) is 11.8 Å². The summed E-state index contributed by atoms with van der Waals surface area (Å²) in [5.74, 6) is 1.91. The summed E-state index contributed by atoms with van der Waals surface area (Å²) in [6.07, 6.45) is 2.10. The quantitative estimate of drug-likeness (QED) is 0.652. The Bertz CT molecular complexity index is 874. The molecule has 1 amide bonds. The minimum absolute atomic E-state index is 0.344. The fourth-order valence-corrected chi connectivity index (χ4v) is 3.42. The number of carbonyl (C=O) groups is 1. The molecule has 0 bridgehead atoms. The zero-order valence-electron chi connectivity index (χ0n) is 19.5. The highest BCUT2D eigenvalue weighted by molar-refractivity contribution is 5.68. The van der Waals surface area contributed by atoms with Gasteiger partial charge in [-0.05, 0) is 83.7 Å². The van der Waals surface area contributed by atoms with Crippen LogP contribution < -0.4 is 10.1 Å². The van der Waals surface area contributed by atoms with Crippen LogP contribution in [0.2, 0.25) is 0 Å².